The van der Waals surface area contributed by atoms with Gasteiger partial charge in [0, 0.05) is 24.3 Å². The second-order valence-electron chi connectivity index (χ2n) is 9.48. The highest BCUT2D eigenvalue weighted by molar-refractivity contribution is 5.80. The van der Waals surface area contributed by atoms with Crippen molar-refractivity contribution in [1.29, 1.82) is 0 Å². The predicted molar refractivity (Wildman–Crippen MR) is 92.2 cm³/mol. The SMILES string of the molecule is CC12CC3(C)CC(O)(C1)OC(C[n+]1ccc4ccccc4c1)(C2)C3.[Br-]. The maximum Gasteiger partial charge on any atom is 0.177 e. The maximum absolute atomic E-state index is 11.0. The van der Waals surface area contributed by atoms with Gasteiger partial charge < -0.3 is 26.8 Å². The van der Waals surface area contributed by atoms with Crippen molar-refractivity contribution in [3.63, 3.8) is 0 Å². The second-order valence-corrected chi connectivity index (χ2v) is 9.48. The van der Waals surface area contributed by atoms with Gasteiger partial charge in [-0.3, -0.25) is 0 Å². The van der Waals surface area contributed by atoms with Gasteiger partial charge in [-0.25, -0.2) is 4.57 Å². The molecule has 1 N–H and O–H groups in total. The van der Waals surface area contributed by atoms with E-state index in [1.54, 1.807) is 0 Å². The Labute approximate surface area is 159 Å². The van der Waals surface area contributed by atoms with Gasteiger partial charge in [0.2, 0.25) is 0 Å². The van der Waals surface area contributed by atoms with E-state index in [1.165, 1.54) is 17.2 Å². The van der Waals surface area contributed by atoms with Gasteiger partial charge in [-0.1, -0.05) is 32.0 Å². The zero-order valence-electron chi connectivity index (χ0n) is 15.0. The van der Waals surface area contributed by atoms with E-state index in [4.69, 9.17) is 4.74 Å². The quantitative estimate of drug-likeness (QED) is 0.744. The third-order valence-electron chi connectivity index (χ3n) is 6.38. The van der Waals surface area contributed by atoms with Crippen LogP contribution in [0.1, 0.15) is 46.0 Å². The maximum atomic E-state index is 11.0. The molecule has 3 heterocycles. The van der Waals surface area contributed by atoms with Crippen LogP contribution in [0.25, 0.3) is 10.8 Å². The number of pyridine rings is 1. The van der Waals surface area contributed by atoms with E-state index in [0.29, 0.717) is 0 Å². The molecule has 2 saturated carbocycles. The Morgan fingerprint density at radius 1 is 0.960 bits per heavy atom. The molecule has 134 valence electrons. The van der Waals surface area contributed by atoms with Gasteiger partial charge in [-0.15, -0.1) is 0 Å². The number of rotatable bonds is 2. The van der Waals surface area contributed by atoms with Crippen LogP contribution in [0.4, 0.5) is 0 Å². The van der Waals surface area contributed by atoms with Crippen LogP contribution in [0.15, 0.2) is 42.7 Å². The van der Waals surface area contributed by atoms with Crippen LogP contribution in [-0.4, -0.2) is 16.5 Å². The summed E-state index contributed by atoms with van der Waals surface area (Å²) in [5, 5.41) is 13.5. The average molecular weight is 404 g/mol. The normalized spacial score (nSPS) is 41.7. The van der Waals surface area contributed by atoms with E-state index >= 15 is 0 Å². The van der Waals surface area contributed by atoms with Crippen LogP contribution in [-0.2, 0) is 11.3 Å². The van der Waals surface area contributed by atoms with Crippen molar-refractivity contribution >= 4 is 10.8 Å². The largest absolute Gasteiger partial charge is 1.00 e. The minimum absolute atomic E-state index is 0. The van der Waals surface area contributed by atoms with Crippen LogP contribution in [0, 0.1) is 10.8 Å². The molecule has 1 aromatic heterocycles. The fraction of sp³-hybridized carbons (Fsp3) is 0.571. The number of aliphatic hydroxyl groups is 1. The highest BCUT2D eigenvalue weighted by atomic mass is 79.9. The molecule has 2 aliphatic carbocycles. The second kappa shape index (κ2) is 5.28. The standard InChI is InChI=1S/C21H26NO2.BrH/c1-18-10-19(2)12-20(11-18,24-21(23,13-18)14-19)15-22-8-7-16-5-3-4-6-17(16)9-22;/h3-9,23H,10-15H2,1-2H3;1H/q+1;/p-1. The van der Waals surface area contributed by atoms with Gasteiger partial charge in [-0.2, -0.15) is 0 Å². The fourth-order valence-corrected chi connectivity index (χ4v) is 6.72. The Morgan fingerprint density at radius 3 is 2.24 bits per heavy atom. The molecule has 4 fully saturated rings. The van der Waals surface area contributed by atoms with E-state index < -0.39 is 5.79 Å². The first-order valence-corrected chi connectivity index (χ1v) is 9.09. The smallest absolute Gasteiger partial charge is 0.177 e. The summed E-state index contributed by atoms with van der Waals surface area (Å²) >= 11 is 0. The summed E-state index contributed by atoms with van der Waals surface area (Å²) in [4.78, 5) is 0. The molecule has 25 heavy (non-hydrogen) atoms. The van der Waals surface area contributed by atoms with Gasteiger partial charge in [0.25, 0.3) is 0 Å². The fourth-order valence-electron chi connectivity index (χ4n) is 6.72. The Morgan fingerprint density at radius 2 is 1.60 bits per heavy atom. The Kier molecular flexibility index (Phi) is 3.68. The van der Waals surface area contributed by atoms with Gasteiger partial charge in [0.1, 0.15) is 5.60 Å². The van der Waals surface area contributed by atoms with E-state index in [0.717, 1.165) is 32.2 Å². The van der Waals surface area contributed by atoms with Gasteiger partial charge >= 0.3 is 0 Å². The van der Waals surface area contributed by atoms with E-state index in [-0.39, 0.29) is 33.4 Å². The molecule has 1 aromatic carbocycles. The number of aromatic nitrogens is 1. The lowest BCUT2D eigenvalue weighted by molar-refractivity contribution is -0.716. The van der Waals surface area contributed by atoms with Crippen molar-refractivity contribution < 1.29 is 31.4 Å². The number of hydrogen-bond acceptors (Lipinski definition) is 2. The third kappa shape index (κ3) is 2.83. The summed E-state index contributed by atoms with van der Waals surface area (Å²) in [6, 6.07) is 10.6. The van der Waals surface area contributed by atoms with E-state index in [2.05, 4.69) is 61.1 Å². The number of benzene rings is 1. The molecular formula is C21H26BrNO2. The molecular weight excluding hydrogens is 378 g/mol. The van der Waals surface area contributed by atoms with Crippen LogP contribution >= 0.6 is 0 Å². The Balaban J connectivity index is 0.00000157. The van der Waals surface area contributed by atoms with E-state index in [9.17, 15) is 5.11 Å². The first-order valence-electron chi connectivity index (χ1n) is 9.09. The molecule has 2 aromatic rings. The summed E-state index contributed by atoms with van der Waals surface area (Å²) in [5.41, 5.74) is 0.172. The highest BCUT2D eigenvalue weighted by Crippen LogP contribution is 2.67. The Bertz CT molecular complexity index is 782. The van der Waals surface area contributed by atoms with Crippen LogP contribution in [0.5, 0.6) is 0 Å². The zero-order chi connectivity index (χ0) is 16.6. The first-order chi connectivity index (χ1) is 11.3. The molecule has 2 atom stereocenters. The molecule has 3 nitrogen and oxygen atoms in total. The number of nitrogens with zero attached hydrogens (tertiary/aromatic N) is 1. The highest BCUT2D eigenvalue weighted by Gasteiger charge is 2.67. The predicted octanol–water partition coefficient (Wildman–Crippen LogP) is 0.579. The summed E-state index contributed by atoms with van der Waals surface area (Å²) in [5.74, 6) is -0.921. The summed E-state index contributed by atoms with van der Waals surface area (Å²) in [6.45, 7) is 5.51. The van der Waals surface area contributed by atoms with Crippen molar-refractivity contribution in [3.8, 4) is 0 Å². The lowest BCUT2D eigenvalue weighted by Crippen LogP contribution is -3.00. The van der Waals surface area contributed by atoms with Crippen molar-refractivity contribution in [1.82, 2.24) is 0 Å². The van der Waals surface area contributed by atoms with Crippen molar-refractivity contribution in [2.75, 3.05) is 0 Å². The third-order valence-corrected chi connectivity index (χ3v) is 6.38. The van der Waals surface area contributed by atoms with E-state index in [1.807, 2.05) is 0 Å². The summed E-state index contributed by atoms with van der Waals surface area (Å²) in [6.07, 6.45) is 9.27. The summed E-state index contributed by atoms with van der Waals surface area (Å²) < 4.78 is 8.63. The number of halogens is 1. The molecule has 2 aliphatic heterocycles. The number of hydrogen-bond donors (Lipinski definition) is 1. The van der Waals surface area contributed by atoms with Crippen molar-refractivity contribution in [3.05, 3.63) is 42.7 Å². The summed E-state index contributed by atoms with van der Waals surface area (Å²) in [7, 11) is 0. The molecule has 4 bridgehead atoms. The zero-order valence-corrected chi connectivity index (χ0v) is 16.6. The number of fused-ring (bicyclic) bond motifs is 1. The van der Waals surface area contributed by atoms with Crippen molar-refractivity contribution in [2.24, 2.45) is 10.8 Å². The molecule has 2 unspecified atom stereocenters. The van der Waals surface area contributed by atoms with Crippen LogP contribution in [0.2, 0.25) is 0 Å². The molecule has 0 spiro atoms. The molecule has 4 heteroatoms. The topological polar surface area (TPSA) is 33.3 Å². The first kappa shape index (κ1) is 17.4. The minimum Gasteiger partial charge on any atom is -1.00 e. The lowest BCUT2D eigenvalue weighted by atomic mass is 9.48. The number of ether oxygens (including phenoxy) is 1. The Hall–Kier alpha value is -0.970. The van der Waals surface area contributed by atoms with Gasteiger partial charge in [0.15, 0.2) is 24.7 Å². The molecule has 4 aliphatic rings. The van der Waals surface area contributed by atoms with Crippen LogP contribution < -0.4 is 21.5 Å². The van der Waals surface area contributed by atoms with Crippen molar-refractivity contribution in [2.45, 2.75) is 63.9 Å². The lowest BCUT2D eigenvalue weighted by Gasteiger charge is -2.66. The minimum atomic E-state index is -0.921. The molecule has 6 rings (SSSR count). The molecule has 2 saturated heterocycles. The van der Waals surface area contributed by atoms with Gasteiger partial charge in [-0.05, 0) is 41.5 Å². The molecule has 0 amide bonds. The van der Waals surface area contributed by atoms with Gasteiger partial charge in [0.05, 0.1) is 0 Å². The van der Waals surface area contributed by atoms with Crippen LogP contribution in [0.3, 0.4) is 0 Å². The molecule has 0 radical (unpaired) electrons. The average Bonchev–Trinajstić information content (AvgIpc) is 2.41. The monoisotopic (exact) mass is 403 g/mol.